The maximum absolute atomic E-state index is 13.0. The van der Waals surface area contributed by atoms with E-state index in [0.29, 0.717) is 11.8 Å². The first-order chi connectivity index (χ1) is 11.2. The smallest absolute Gasteiger partial charge is 0.227 e. The molecular formula is C17H25N3O2S. The molecule has 0 aromatic carbocycles. The van der Waals surface area contributed by atoms with Crippen LogP contribution in [0, 0.1) is 18.8 Å². The van der Waals surface area contributed by atoms with Crippen LogP contribution in [-0.2, 0) is 16.1 Å². The van der Waals surface area contributed by atoms with E-state index in [1.807, 2.05) is 5.51 Å². The first-order valence-corrected chi connectivity index (χ1v) is 9.62. The summed E-state index contributed by atoms with van der Waals surface area (Å²) in [5.74, 6) is 0.901. The Morgan fingerprint density at radius 3 is 2.96 bits per heavy atom. The standard InChI is InChI=1S/C17H25N3O2S/c1-12-16(23-11-18-12)10-19-8-14(13-4-7-22-15(13)9-19)17(21)20-5-2-3-6-20/h11,13-15H,2-10H2,1H3/t13-,14+,15+/m0/s1. The fourth-order valence-electron chi connectivity index (χ4n) is 4.30. The van der Waals surface area contributed by atoms with Gasteiger partial charge in [-0.25, -0.2) is 4.98 Å². The zero-order chi connectivity index (χ0) is 15.8. The molecule has 0 saturated carbocycles. The molecule has 3 fully saturated rings. The fraction of sp³-hybridized carbons (Fsp3) is 0.765. The van der Waals surface area contributed by atoms with Crippen LogP contribution in [0.1, 0.15) is 29.8 Å². The highest BCUT2D eigenvalue weighted by molar-refractivity contribution is 7.09. The molecule has 0 bridgehead atoms. The maximum atomic E-state index is 13.0. The number of carbonyl (C=O) groups excluding carboxylic acids is 1. The van der Waals surface area contributed by atoms with Crippen molar-refractivity contribution in [1.29, 1.82) is 0 Å². The summed E-state index contributed by atoms with van der Waals surface area (Å²) < 4.78 is 5.95. The number of aromatic nitrogens is 1. The van der Waals surface area contributed by atoms with Crippen LogP contribution in [0.4, 0.5) is 0 Å². The number of hydrogen-bond acceptors (Lipinski definition) is 5. The topological polar surface area (TPSA) is 45.7 Å². The molecule has 3 atom stereocenters. The average molecular weight is 335 g/mol. The van der Waals surface area contributed by atoms with Gasteiger partial charge in [-0.1, -0.05) is 0 Å². The number of ether oxygens (including phenoxy) is 1. The van der Waals surface area contributed by atoms with Crippen molar-refractivity contribution in [3.8, 4) is 0 Å². The van der Waals surface area contributed by atoms with Crippen molar-refractivity contribution in [2.75, 3.05) is 32.8 Å². The van der Waals surface area contributed by atoms with Gasteiger partial charge in [0.2, 0.25) is 5.91 Å². The molecule has 0 N–H and O–H groups in total. The van der Waals surface area contributed by atoms with Crippen molar-refractivity contribution in [2.45, 2.75) is 38.8 Å². The van der Waals surface area contributed by atoms with E-state index >= 15 is 0 Å². The molecular weight excluding hydrogens is 310 g/mol. The monoisotopic (exact) mass is 335 g/mol. The molecule has 6 heteroatoms. The van der Waals surface area contributed by atoms with Gasteiger partial charge in [-0.3, -0.25) is 9.69 Å². The SMILES string of the molecule is Cc1ncsc1CN1C[C@H]2OCC[C@H]2[C@H](C(=O)N2CCCC2)C1. The van der Waals surface area contributed by atoms with Crippen LogP contribution in [0.3, 0.4) is 0 Å². The molecule has 0 spiro atoms. The molecule has 3 aliphatic rings. The minimum absolute atomic E-state index is 0.113. The molecule has 1 amide bonds. The molecule has 3 saturated heterocycles. The third-order valence-corrected chi connectivity index (χ3v) is 6.54. The summed E-state index contributed by atoms with van der Waals surface area (Å²) >= 11 is 1.71. The molecule has 23 heavy (non-hydrogen) atoms. The van der Waals surface area contributed by atoms with Crippen LogP contribution in [0.25, 0.3) is 0 Å². The summed E-state index contributed by atoms with van der Waals surface area (Å²) in [4.78, 5) is 23.1. The second kappa shape index (κ2) is 6.49. The van der Waals surface area contributed by atoms with E-state index in [-0.39, 0.29) is 12.0 Å². The van der Waals surface area contributed by atoms with Crippen molar-refractivity contribution < 1.29 is 9.53 Å². The highest BCUT2D eigenvalue weighted by atomic mass is 32.1. The Morgan fingerprint density at radius 2 is 2.22 bits per heavy atom. The Balaban J connectivity index is 1.50. The highest BCUT2D eigenvalue weighted by Crippen LogP contribution is 2.36. The lowest BCUT2D eigenvalue weighted by Gasteiger charge is -2.40. The van der Waals surface area contributed by atoms with Crippen molar-refractivity contribution >= 4 is 17.2 Å². The van der Waals surface area contributed by atoms with Gasteiger partial charge in [0, 0.05) is 50.1 Å². The summed E-state index contributed by atoms with van der Waals surface area (Å²) in [7, 11) is 0. The molecule has 4 heterocycles. The summed E-state index contributed by atoms with van der Waals surface area (Å²) in [6.45, 7) is 7.49. The largest absolute Gasteiger partial charge is 0.377 e. The molecule has 0 unspecified atom stereocenters. The van der Waals surface area contributed by atoms with E-state index in [2.05, 4.69) is 21.7 Å². The number of fused-ring (bicyclic) bond motifs is 1. The Bertz CT molecular complexity index is 570. The fourth-order valence-corrected chi connectivity index (χ4v) is 5.12. The van der Waals surface area contributed by atoms with Gasteiger partial charge in [0.1, 0.15) is 0 Å². The number of piperidine rings is 1. The quantitative estimate of drug-likeness (QED) is 0.846. The number of hydrogen-bond donors (Lipinski definition) is 0. The van der Waals surface area contributed by atoms with E-state index in [1.165, 1.54) is 4.88 Å². The van der Waals surface area contributed by atoms with Gasteiger partial charge < -0.3 is 9.64 Å². The minimum Gasteiger partial charge on any atom is -0.377 e. The Labute approximate surface area is 141 Å². The second-order valence-electron chi connectivity index (χ2n) is 7.06. The number of carbonyl (C=O) groups is 1. The molecule has 0 radical (unpaired) electrons. The average Bonchev–Trinajstić information content (AvgIpc) is 3.28. The van der Waals surface area contributed by atoms with Crippen LogP contribution in [0.5, 0.6) is 0 Å². The summed E-state index contributed by atoms with van der Waals surface area (Å²) in [6, 6.07) is 0. The zero-order valence-electron chi connectivity index (χ0n) is 13.7. The lowest BCUT2D eigenvalue weighted by Crippen LogP contribution is -2.52. The van der Waals surface area contributed by atoms with E-state index in [9.17, 15) is 4.79 Å². The first-order valence-electron chi connectivity index (χ1n) is 8.74. The number of amides is 1. The van der Waals surface area contributed by atoms with Crippen molar-refractivity contribution in [1.82, 2.24) is 14.8 Å². The van der Waals surface area contributed by atoms with Crippen molar-refractivity contribution in [3.05, 3.63) is 16.1 Å². The molecule has 5 nitrogen and oxygen atoms in total. The van der Waals surface area contributed by atoms with Gasteiger partial charge in [0.25, 0.3) is 0 Å². The zero-order valence-corrected chi connectivity index (χ0v) is 14.6. The third-order valence-electron chi connectivity index (χ3n) is 5.62. The summed E-state index contributed by atoms with van der Waals surface area (Å²) in [5, 5.41) is 0. The van der Waals surface area contributed by atoms with E-state index in [0.717, 1.165) is 64.3 Å². The predicted octanol–water partition coefficient (Wildman–Crippen LogP) is 1.91. The molecule has 1 aromatic heterocycles. The van der Waals surface area contributed by atoms with E-state index in [1.54, 1.807) is 11.3 Å². The number of nitrogens with zero attached hydrogens (tertiary/aromatic N) is 3. The minimum atomic E-state index is 0.113. The van der Waals surface area contributed by atoms with Gasteiger partial charge in [-0.05, 0) is 26.2 Å². The molecule has 126 valence electrons. The third kappa shape index (κ3) is 3.04. The van der Waals surface area contributed by atoms with Crippen LogP contribution < -0.4 is 0 Å². The lowest BCUT2D eigenvalue weighted by molar-refractivity contribution is -0.140. The number of thiazole rings is 1. The second-order valence-corrected chi connectivity index (χ2v) is 8.00. The lowest BCUT2D eigenvalue weighted by atomic mass is 9.82. The molecule has 3 aliphatic heterocycles. The molecule has 4 rings (SSSR count). The van der Waals surface area contributed by atoms with Crippen LogP contribution >= 0.6 is 11.3 Å². The van der Waals surface area contributed by atoms with Crippen LogP contribution in [0.2, 0.25) is 0 Å². The number of rotatable bonds is 3. The Morgan fingerprint density at radius 1 is 1.39 bits per heavy atom. The van der Waals surface area contributed by atoms with Gasteiger partial charge in [-0.2, -0.15) is 0 Å². The molecule has 1 aromatic rings. The predicted molar refractivity (Wildman–Crippen MR) is 89.3 cm³/mol. The van der Waals surface area contributed by atoms with Crippen molar-refractivity contribution in [3.63, 3.8) is 0 Å². The highest BCUT2D eigenvalue weighted by Gasteiger charge is 2.45. The maximum Gasteiger partial charge on any atom is 0.227 e. The van der Waals surface area contributed by atoms with Gasteiger partial charge in [0.15, 0.2) is 0 Å². The summed E-state index contributed by atoms with van der Waals surface area (Å²) in [5.41, 5.74) is 3.03. The Hall–Kier alpha value is -0.980. The van der Waals surface area contributed by atoms with Gasteiger partial charge in [0.05, 0.1) is 23.2 Å². The van der Waals surface area contributed by atoms with Gasteiger partial charge >= 0.3 is 0 Å². The van der Waals surface area contributed by atoms with E-state index in [4.69, 9.17) is 4.74 Å². The first kappa shape index (κ1) is 15.5. The van der Waals surface area contributed by atoms with Crippen LogP contribution in [-0.4, -0.2) is 59.6 Å². The normalized spacial score (nSPS) is 31.5. The summed E-state index contributed by atoms with van der Waals surface area (Å²) in [6.07, 6.45) is 3.59. The number of aryl methyl sites for hydroxylation is 1. The Kier molecular flexibility index (Phi) is 4.39. The van der Waals surface area contributed by atoms with Gasteiger partial charge in [-0.15, -0.1) is 11.3 Å². The molecule has 0 aliphatic carbocycles. The van der Waals surface area contributed by atoms with E-state index < -0.39 is 0 Å². The number of likely N-dealkylation sites (tertiary alicyclic amines) is 2. The van der Waals surface area contributed by atoms with Crippen LogP contribution in [0.15, 0.2) is 5.51 Å². The van der Waals surface area contributed by atoms with Crippen molar-refractivity contribution in [2.24, 2.45) is 11.8 Å².